The predicted molar refractivity (Wildman–Crippen MR) is 130 cm³/mol. The number of piperazine rings is 1. The van der Waals surface area contributed by atoms with E-state index in [9.17, 15) is 4.21 Å². The van der Waals surface area contributed by atoms with Gasteiger partial charge in [-0.15, -0.1) is 24.0 Å². The van der Waals surface area contributed by atoms with Gasteiger partial charge in [0.2, 0.25) is 0 Å². The van der Waals surface area contributed by atoms with Gasteiger partial charge in [0, 0.05) is 61.1 Å². The largest absolute Gasteiger partial charge is 0.368 e. The highest BCUT2D eigenvalue weighted by Crippen LogP contribution is 2.20. The summed E-state index contributed by atoms with van der Waals surface area (Å²) in [5.41, 5.74) is 1.16. The summed E-state index contributed by atoms with van der Waals surface area (Å²) in [6.07, 6.45) is 0. The molecule has 2 aromatic carbocycles. The summed E-state index contributed by atoms with van der Waals surface area (Å²) in [4.78, 5) is 9.83. The number of nitrogens with zero attached hydrogens (tertiary/aromatic N) is 3. The Labute approximate surface area is 191 Å². The molecule has 1 N–H and O–H groups in total. The predicted octanol–water partition coefficient (Wildman–Crippen LogP) is 3.46. The van der Waals surface area contributed by atoms with Crippen LogP contribution in [0.2, 0.25) is 5.02 Å². The van der Waals surface area contributed by atoms with Crippen molar-refractivity contribution in [3.63, 3.8) is 0 Å². The molecule has 2 aromatic rings. The van der Waals surface area contributed by atoms with Gasteiger partial charge < -0.3 is 15.1 Å². The van der Waals surface area contributed by atoms with Crippen molar-refractivity contribution in [3.05, 3.63) is 59.6 Å². The van der Waals surface area contributed by atoms with Gasteiger partial charge in [-0.3, -0.25) is 9.20 Å². The molecule has 1 aliphatic rings. The maximum Gasteiger partial charge on any atom is 0.193 e. The maximum absolute atomic E-state index is 12.3. The Morgan fingerprint density at radius 3 is 2.46 bits per heavy atom. The minimum atomic E-state index is -0.996. The van der Waals surface area contributed by atoms with Gasteiger partial charge in [0.05, 0.1) is 10.8 Å². The second-order valence-corrected chi connectivity index (χ2v) is 8.30. The highest BCUT2D eigenvalue weighted by atomic mass is 127. The van der Waals surface area contributed by atoms with Gasteiger partial charge in [-0.2, -0.15) is 0 Å². The summed E-state index contributed by atoms with van der Waals surface area (Å²) < 4.78 is 12.3. The molecule has 1 unspecified atom stereocenters. The first-order valence-electron chi connectivity index (χ1n) is 9.07. The molecule has 0 saturated carbocycles. The van der Waals surface area contributed by atoms with E-state index in [1.807, 2.05) is 48.5 Å². The van der Waals surface area contributed by atoms with E-state index in [4.69, 9.17) is 11.6 Å². The fourth-order valence-electron chi connectivity index (χ4n) is 3.13. The van der Waals surface area contributed by atoms with Crippen molar-refractivity contribution >= 4 is 58.0 Å². The highest BCUT2D eigenvalue weighted by molar-refractivity contribution is 14.0. The number of hydrogen-bond acceptors (Lipinski definition) is 3. The van der Waals surface area contributed by atoms with Crippen molar-refractivity contribution in [3.8, 4) is 0 Å². The molecular weight excluding hydrogens is 507 g/mol. The van der Waals surface area contributed by atoms with Gasteiger partial charge in [-0.1, -0.05) is 35.9 Å². The molecule has 0 amide bonds. The molecule has 0 spiro atoms. The molecule has 1 saturated heterocycles. The number of anilines is 1. The topological polar surface area (TPSA) is 47.9 Å². The Kier molecular flexibility index (Phi) is 9.53. The second-order valence-electron chi connectivity index (χ2n) is 6.29. The average Bonchev–Trinajstić information content (AvgIpc) is 2.72. The number of aliphatic imine (C=N–C) groups is 1. The first-order valence-corrected chi connectivity index (χ1v) is 10.8. The first-order chi connectivity index (χ1) is 13.2. The van der Waals surface area contributed by atoms with E-state index in [0.717, 1.165) is 47.7 Å². The molecule has 1 atom stereocenters. The number of benzene rings is 2. The van der Waals surface area contributed by atoms with Crippen LogP contribution >= 0.6 is 35.6 Å². The van der Waals surface area contributed by atoms with Gasteiger partial charge in [-0.05, 0) is 30.3 Å². The van der Waals surface area contributed by atoms with Gasteiger partial charge in [0.1, 0.15) is 0 Å². The molecule has 1 aliphatic heterocycles. The zero-order chi connectivity index (χ0) is 19.1. The van der Waals surface area contributed by atoms with Crippen LogP contribution in [0.3, 0.4) is 0 Å². The lowest BCUT2D eigenvalue weighted by Gasteiger charge is -2.37. The van der Waals surface area contributed by atoms with Gasteiger partial charge in [0.25, 0.3) is 0 Å². The van der Waals surface area contributed by atoms with E-state index >= 15 is 0 Å². The van der Waals surface area contributed by atoms with Gasteiger partial charge in [-0.25, -0.2) is 0 Å². The van der Waals surface area contributed by atoms with Crippen LogP contribution in [0.4, 0.5) is 5.69 Å². The van der Waals surface area contributed by atoms with Crippen LogP contribution in [0, 0.1) is 0 Å². The van der Waals surface area contributed by atoms with Crippen molar-refractivity contribution in [2.24, 2.45) is 4.99 Å². The van der Waals surface area contributed by atoms with E-state index in [0.29, 0.717) is 12.3 Å². The normalized spacial score (nSPS) is 15.7. The molecule has 152 valence electrons. The van der Waals surface area contributed by atoms with Crippen LogP contribution in [0.1, 0.15) is 0 Å². The van der Waals surface area contributed by atoms with Crippen LogP contribution in [-0.2, 0) is 10.8 Å². The van der Waals surface area contributed by atoms with Crippen LogP contribution < -0.4 is 10.2 Å². The number of hydrogen-bond donors (Lipinski definition) is 1. The molecule has 0 aliphatic carbocycles. The van der Waals surface area contributed by atoms with Crippen molar-refractivity contribution in [2.45, 2.75) is 4.90 Å². The molecule has 3 rings (SSSR count). The van der Waals surface area contributed by atoms with Crippen LogP contribution in [0.25, 0.3) is 0 Å². The summed E-state index contributed by atoms with van der Waals surface area (Å²) in [7, 11) is 0.795. The fourth-order valence-corrected chi connectivity index (χ4v) is 4.30. The minimum Gasteiger partial charge on any atom is -0.368 e. The molecule has 1 fully saturated rings. The molecule has 0 bridgehead atoms. The summed E-state index contributed by atoms with van der Waals surface area (Å²) in [6.45, 7) is 4.22. The van der Waals surface area contributed by atoms with Crippen LogP contribution in [-0.4, -0.2) is 60.6 Å². The third-order valence-electron chi connectivity index (χ3n) is 4.54. The standard InChI is InChI=1S/C20H25ClN4OS.HI/c1-22-20(23-10-15-27(26)19-8-3-2-4-9-19)25-13-11-24(12-14-25)18-7-5-6-17(21)16-18;/h2-9,16H,10-15H2,1H3,(H,22,23);1H. The van der Waals surface area contributed by atoms with E-state index < -0.39 is 10.8 Å². The lowest BCUT2D eigenvalue weighted by Crippen LogP contribution is -2.53. The van der Waals surface area contributed by atoms with Crippen LogP contribution in [0.5, 0.6) is 0 Å². The van der Waals surface area contributed by atoms with Crippen LogP contribution in [0.15, 0.2) is 64.5 Å². The van der Waals surface area contributed by atoms with E-state index in [1.54, 1.807) is 7.05 Å². The SMILES string of the molecule is CN=C(NCCS(=O)c1ccccc1)N1CCN(c2cccc(Cl)c2)CC1.I. The van der Waals surface area contributed by atoms with Gasteiger partial charge >= 0.3 is 0 Å². The molecule has 8 heteroatoms. The third-order valence-corrected chi connectivity index (χ3v) is 6.15. The third kappa shape index (κ3) is 6.35. The van der Waals surface area contributed by atoms with Crippen molar-refractivity contribution < 1.29 is 4.21 Å². The second kappa shape index (κ2) is 11.6. The quantitative estimate of drug-likeness (QED) is 0.364. The highest BCUT2D eigenvalue weighted by Gasteiger charge is 2.20. The fraction of sp³-hybridized carbons (Fsp3) is 0.350. The molecule has 0 radical (unpaired) electrons. The Morgan fingerprint density at radius 1 is 1.11 bits per heavy atom. The monoisotopic (exact) mass is 532 g/mol. The van der Waals surface area contributed by atoms with E-state index in [2.05, 4.69) is 26.2 Å². The smallest absolute Gasteiger partial charge is 0.193 e. The van der Waals surface area contributed by atoms with Crippen molar-refractivity contribution in [2.75, 3.05) is 50.4 Å². The zero-order valence-corrected chi connectivity index (χ0v) is 19.8. The number of guanidine groups is 1. The van der Waals surface area contributed by atoms with Crippen molar-refractivity contribution in [1.29, 1.82) is 0 Å². The zero-order valence-electron chi connectivity index (χ0n) is 15.9. The lowest BCUT2D eigenvalue weighted by molar-refractivity contribution is 0.373. The average molecular weight is 533 g/mol. The number of nitrogens with one attached hydrogen (secondary N) is 1. The van der Waals surface area contributed by atoms with Crippen molar-refractivity contribution in [1.82, 2.24) is 10.2 Å². The molecule has 28 heavy (non-hydrogen) atoms. The summed E-state index contributed by atoms with van der Waals surface area (Å²) >= 11 is 6.10. The molecule has 0 aromatic heterocycles. The molecular formula is C20H26ClIN4OS. The Hall–Kier alpha value is -1.32. The Morgan fingerprint density at radius 2 is 1.82 bits per heavy atom. The first kappa shape index (κ1) is 23.0. The maximum atomic E-state index is 12.3. The minimum absolute atomic E-state index is 0. The molecule has 1 heterocycles. The van der Waals surface area contributed by atoms with Gasteiger partial charge in [0.15, 0.2) is 5.96 Å². The summed E-state index contributed by atoms with van der Waals surface area (Å²) in [5, 5.41) is 4.11. The molecule has 5 nitrogen and oxygen atoms in total. The summed E-state index contributed by atoms with van der Waals surface area (Å²) in [6, 6.07) is 17.5. The number of rotatable bonds is 5. The Bertz CT molecular complexity index is 798. The number of halogens is 2. The summed E-state index contributed by atoms with van der Waals surface area (Å²) in [5.74, 6) is 1.43. The van der Waals surface area contributed by atoms with E-state index in [-0.39, 0.29) is 24.0 Å². The van der Waals surface area contributed by atoms with E-state index in [1.165, 1.54) is 0 Å². The Balaban J connectivity index is 0.00000280. The lowest BCUT2D eigenvalue weighted by atomic mass is 10.2.